The number of carbonyl (C=O) groups is 3. The Hall–Kier alpha value is -2.74. The van der Waals surface area contributed by atoms with Crippen LogP contribution in [-0.2, 0) is 9.59 Å². The van der Waals surface area contributed by atoms with Crippen molar-refractivity contribution in [2.24, 2.45) is 10.8 Å². The summed E-state index contributed by atoms with van der Waals surface area (Å²) in [6, 6.07) is 7.15. The molecule has 4 N–H and O–H groups in total. The van der Waals surface area contributed by atoms with Gasteiger partial charge in [-0.1, -0.05) is 0 Å². The first-order valence-corrected chi connectivity index (χ1v) is 9.73. The Bertz CT molecular complexity index is 767. The number of hydrogen-bond donors (Lipinski definition) is 3. The van der Waals surface area contributed by atoms with Crippen LogP contribution in [0, 0.1) is 0 Å². The molecule has 0 saturated heterocycles. The Labute approximate surface area is 164 Å². The van der Waals surface area contributed by atoms with Gasteiger partial charge in [0, 0.05) is 36.3 Å². The van der Waals surface area contributed by atoms with Crippen molar-refractivity contribution in [1.29, 1.82) is 0 Å². The maximum Gasteiger partial charge on any atom is 0.253 e. The van der Waals surface area contributed by atoms with Gasteiger partial charge in [-0.3, -0.25) is 14.4 Å². The standard InChI is InChI=1S/C20H27N5O3/c1-13-12-19(27)25(24-13)17-8-2-14(3-9-17)20(28)23-16-6-4-15(5-7-16)22-18(26)10-11-21/h2-3,8-9,15-16H,4-7,10-12,21H2,1H3,(H,22,26)(H,23,28)/t15-,16-. The summed E-state index contributed by atoms with van der Waals surface area (Å²) in [6.45, 7) is 2.17. The number of nitrogens with two attached hydrogens (primary N) is 1. The highest BCUT2D eigenvalue weighted by molar-refractivity contribution is 6.12. The highest BCUT2D eigenvalue weighted by atomic mass is 16.2. The average molecular weight is 385 g/mol. The minimum atomic E-state index is -0.130. The monoisotopic (exact) mass is 385 g/mol. The van der Waals surface area contributed by atoms with Gasteiger partial charge in [-0.2, -0.15) is 5.10 Å². The Morgan fingerprint density at radius 3 is 2.25 bits per heavy atom. The molecule has 3 amide bonds. The molecule has 0 aromatic heterocycles. The Kier molecular flexibility index (Phi) is 6.41. The molecule has 8 nitrogen and oxygen atoms in total. The molecule has 1 aromatic carbocycles. The van der Waals surface area contributed by atoms with Gasteiger partial charge in [0.05, 0.1) is 12.1 Å². The zero-order valence-corrected chi connectivity index (χ0v) is 16.1. The number of amides is 3. The van der Waals surface area contributed by atoms with Gasteiger partial charge in [0.2, 0.25) is 5.91 Å². The van der Waals surface area contributed by atoms with Gasteiger partial charge >= 0.3 is 0 Å². The second-order valence-corrected chi connectivity index (χ2v) is 7.39. The Balaban J connectivity index is 1.49. The van der Waals surface area contributed by atoms with Gasteiger partial charge in [-0.25, -0.2) is 5.01 Å². The van der Waals surface area contributed by atoms with Crippen LogP contribution in [0.25, 0.3) is 0 Å². The van der Waals surface area contributed by atoms with E-state index < -0.39 is 0 Å². The number of nitrogens with zero attached hydrogens (tertiary/aromatic N) is 2. The molecule has 0 spiro atoms. The first-order valence-electron chi connectivity index (χ1n) is 9.73. The molecule has 2 aliphatic rings. The smallest absolute Gasteiger partial charge is 0.253 e. The van der Waals surface area contributed by atoms with E-state index in [0.29, 0.717) is 30.6 Å². The van der Waals surface area contributed by atoms with Gasteiger partial charge < -0.3 is 16.4 Å². The summed E-state index contributed by atoms with van der Waals surface area (Å²) in [6.07, 6.45) is 4.02. The summed E-state index contributed by atoms with van der Waals surface area (Å²) in [5, 5.41) is 11.6. The lowest BCUT2D eigenvalue weighted by atomic mass is 9.91. The Morgan fingerprint density at radius 2 is 1.71 bits per heavy atom. The fourth-order valence-electron chi connectivity index (χ4n) is 3.59. The maximum atomic E-state index is 12.5. The summed E-state index contributed by atoms with van der Waals surface area (Å²) >= 11 is 0. The highest BCUT2D eigenvalue weighted by Crippen LogP contribution is 2.22. The number of anilines is 1. The molecule has 1 heterocycles. The van der Waals surface area contributed by atoms with Crippen LogP contribution < -0.4 is 21.4 Å². The number of hydrogen-bond acceptors (Lipinski definition) is 5. The molecule has 1 fully saturated rings. The predicted molar refractivity (Wildman–Crippen MR) is 107 cm³/mol. The van der Waals surface area contributed by atoms with Gasteiger partial charge in [-0.05, 0) is 56.9 Å². The summed E-state index contributed by atoms with van der Waals surface area (Å²) in [5.74, 6) is -0.203. The van der Waals surface area contributed by atoms with E-state index in [9.17, 15) is 14.4 Å². The molecule has 28 heavy (non-hydrogen) atoms. The molecule has 0 bridgehead atoms. The molecule has 1 aliphatic carbocycles. The first kappa shape index (κ1) is 20.0. The van der Waals surface area contributed by atoms with E-state index >= 15 is 0 Å². The maximum absolute atomic E-state index is 12.5. The van der Waals surface area contributed by atoms with Crippen molar-refractivity contribution in [1.82, 2.24) is 10.6 Å². The molecule has 1 aliphatic heterocycles. The van der Waals surface area contributed by atoms with Crippen LogP contribution >= 0.6 is 0 Å². The van der Waals surface area contributed by atoms with E-state index in [1.807, 2.05) is 6.92 Å². The van der Waals surface area contributed by atoms with Crippen molar-refractivity contribution < 1.29 is 14.4 Å². The van der Waals surface area contributed by atoms with Gasteiger partial charge in [0.25, 0.3) is 11.8 Å². The van der Waals surface area contributed by atoms with E-state index in [1.54, 1.807) is 24.3 Å². The quantitative estimate of drug-likeness (QED) is 0.684. The topological polar surface area (TPSA) is 117 Å². The third-order valence-electron chi connectivity index (χ3n) is 5.09. The molecule has 1 saturated carbocycles. The predicted octanol–water partition coefficient (Wildman–Crippen LogP) is 1.31. The second kappa shape index (κ2) is 8.97. The van der Waals surface area contributed by atoms with Crippen molar-refractivity contribution in [3.8, 4) is 0 Å². The summed E-state index contributed by atoms with van der Waals surface area (Å²) in [4.78, 5) is 36.0. The van der Waals surface area contributed by atoms with Gasteiger partial charge in [-0.15, -0.1) is 0 Å². The van der Waals surface area contributed by atoms with E-state index in [4.69, 9.17) is 5.73 Å². The molecular weight excluding hydrogens is 358 g/mol. The van der Waals surface area contributed by atoms with Gasteiger partial charge in [0.15, 0.2) is 0 Å². The van der Waals surface area contributed by atoms with Crippen molar-refractivity contribution >= 4 is 29.1 Å². The molecule has 1 aromatic rings. The fourth-order valence-corrected chi connectivity index (χ4v) is 3.59. The average Bonchev–Trinajstić information content (AvgIpc) is 3.02. The number of carbonyl (C=O) groups excluding carboxylic acids is 3. The third kappa shape index (κ3) is 4.95. The number of nitrogens with one attached hydrogen (secondary N) is 2. The number of benzene rings is 1. The number of hydrazone groups is 1. The van der Waals surface area contributed by atoms with Crippen LogP contribution in [0.1, 0.15) is 55.8 Å². The fraction of sp³-hybridized carbons (Fsp3) is 0.500. The van der Waals surface area contributed by atoms with Crippen LogP contribution in [0.3, 0.4) is 0 Å². The van der Waals surface area contributed by atoms with Crippen molar-refractivity contribution in [2.45, 2.75) is 57.5 Å². The SMILES string of the molecule is CC1=NN(c2ccc(C(=O)N[C@H]3CC[C@H](NC(=O)CCN)CC3)cc2)C(=O)C1. The zero-order valence-electron chi connectivity index (χ0n) is 16.1. The molecule has 3 rings (SSSR count). The van der Waals surface area contributed by atoms with Crippen molar-refractivity contribution in [3.63, 3.8) is 0 Å². The summed E-state index contributed by atoms with van der Waals surface area (Å²) in [5.41, 5.74) is 7.38. The lowest BCUT2D eigenvalue weighted by Gasteiger charge is -2.29. The lowest BCUT2D eigenvalue weighted by molar-refractivity contribution is -0.122. The van der Waals surface area contributed by atoms with Crippen LogP contribution in [0.2, 0.25) is 0 Å². The molecule has 150 valence electrons. The zero-order chi connectivity index (χ0) is 20.1. The van der Waals surface area contributed by atoms with E-state index in [-0.39, 0.29) is 29.8 Å². The minimum absolute atomic E-state index is 0.00825. The molecular formula is C20H27N5O3. The molecule has 0 atom stereocenters. The summed E-state index contributed by atoms with van der Waals surface area (Å²) in [7, 11) is 0. The van der Waals surface area contributed by atoms with E-state index in [1.165, 1.54) is 5.01 Å². The van der Waals surface area contributed by atoms with Crippen LogP contribution in [-0.4, -0.2) is 42.1 Å². The third-order valence-corrected chi connectivity index (χ3v) is 5.09. The van der Waals surface area contributed by atoms with Gasteiger partial charge in [0.1, 0.15) is 0 Å². The Morgan fingerprint density at radius 1 is 1.11 bits per heavy atom. The normalized spacial score (nSPS) is 22.0. The highest BCUT2D eigenvalue weighted by Gasteiger charge is 2.25. The summed E-state index contributed by atoms with van der Waals surface area (Å²) < 4.78 is 0. The molecule has 8 heteroatoms. The van der Waals surface area contributed by atoms with Crippen molar-refractivity contribution in [3.05, 3.63) is 29.8 Å². The van der Waals surface area contributed by atoms with Crippen LogP contribution in [0.4, 0.5) is 5.69 Å². The molecule has 0 radical (unpaired) electrons. The second-order valence-electron chi connectivity index (χ2n) is 7.39. The number of rotatable bonds is 6. The molecule has 0 unspecified atom stereocenters. The minimum Gasteiger partial charge on any atom is -0.353 e. The first-order chi connectivity index (χ1) is 13.5. The van der Waals surface area contributed by atoms with E-state index in [0.717, 1.165) is 31.4 Å². The largest absolute Gasteiger partial charge is 0.353 e. The van der Waals surface area contributed by atoms with Crippen molar-refractivity contribution in [2.75, 3.05) is 11.6 Å². The lowest BCUT2D eigenvalue weighted by Crippen LogP contribution is -2.44. The van der Waals surface area contributed by atoms with Crippen LogP contribution in [0.15, 0.2) is 29.4 Å². The van der Waals surface area contributed by atoms with E-state index in [2.05, 4.69) is 15.7 Å². The van der Waals surface area contributed by atoms with Crippen LogP contribution in [0.5, 0.6) is 0 Å².